The van der Waals surface area contributed by atoms with Crippen LogP contribution in [0.25, 0.3) is 0 Å². The van der Waals surface area contributed by atoms with Gasteiger partial charge in [-0.2, -0.15) is 0 Å². The van der Waals surface area contributed by atoms with E-state index in [1.165, 1.54) is 0 Å². The number of benzene rings is 1. The first kappa shape index (κ1) is 18.1. The molecule has 0 saturated heterocycles. The van der Waals surface area contributed by atoms with Gasteiger partial charge in [0, 0.05) is 6.54 Å². The van der Waals surface area contributed by atoms with Gasteiger partial charge < -0.3 is 10.4 Å². The number of carbonyl (C=O) groups is 2. The van der Waals surface area contributed by atoms with Gasteiger partial charge in [-0.1, -0.05) is 35.7 Å². The maximum absolute atomic E-state index is 12.7. The van der Waals surface area contributed by atoms with Crippen molar-refractivity contribution in [3.05, 3.63) is 33.8 Å². The van der Waals surface area contributed by atoms with Crippen LogP contribution in [-0.4, -0.2) is 23.5 Å². The molecule has 1 fully saturated rings. The number of hydrogen-bond donors (Lipinski definition) is 2. The van der Waals surface area contributed by atoms with Crippen molar-refractivity contribution < 1.29 is 14.7 Å². The van der Waals surface area contributed by atoms with Gasteiger partial charge in [0.25, 0.3) is 0 Å². The molecule has 0 heterocycles. The highest BCUT2D eigenvalue weighted by atomic mass is 35.5. The topological polar surface area (TPSA) is 66.4 Å². The van der Waals surface area contributed by atoms with Crippen LogP contribution in [0.5, 0.6) is 0 Å². The molecule has 23 heavy (non-hydrogen) atoms. The fourth-order valence-corrected chi connectivity index (χ4v) is 3.03. The van der Waals surface area contributed by atoms with Crippen molar-refractivity contribution in [2.75, 3.05) is 6.54 Å². The van der Waals surface area contributed by atoms with Crippen LogP contribution in [0.1, 0.15) is 45.1 Å². The molecule has 1 saturated carbocycles. The highest BCUT2D eigenvalue weighted by Gasteiger charge is 2.45. The summed E-state index contributed by atoms with van der Waals surface area (Å²) in [5.74, 6) is -0.932. The SMILES string of the molecule is CC(C)(CCNC(=O)C1(c2ccc(Cl)c(Cl)c2)CCC1)C(=O)O. The zero-order chi connectivity index (χ0) is 17.3. The van der Waals surface area contributed by atoms with Crippen LogP contribution in [0.4, 0.5) is 0 Å². The fraction of sp³-hybridized carbons (Fsp3) is 0.529. The first-order valence-corrected chi connectivity index (χ1v) is 8.42. The molecular formula is C17H21Cl2NO3. The molecule has 1 amide bonds. The van der Waals surface area contributed by atoms with Gasteiger partial charge in [-0.3, -0.25) is 9.59 Å². The molecule has 0 unspecified atom stereocenters. The second kappa shape index (κ2) is 6.70. The Labute approximate surface area is 146 Å². The van der Waals surface area contributed by atoms with Gasteiger partial charge in [0.05, 0.1) is 20.9 Å². The van der Waals surface area contributed by atoms with E-state index >= 15 is 0 Å². The Balaban J connectivity index is 2.07. The third kappa shape index (κ3) is 3.64. The average molecular weight is 358 g/mol. The number of aliphatic carboxylic acids is 1. The highest BCUT2D eigenvalue weighted by molar-refractivity contribution is 6.42. The zero-order valence-corrected chi connectivity index (χ0v) is 14.8. The summed E-state index contributed by atoms with van der Waals surface area (Å²) in [5, 5.41) is 12.9. The zero-order valence-electron chi connectivity index (χ0n) is 13.3. The van der Waals surface area contributed by atoms with Gasteiger partial charge in [0.1, 0.15) is 0 Å². The van der Waals surface area contributed by atoms with Crippen molar-refractivity contribution in [3.8, 4) is 0 Å². The molecule has 0 radical (unpaired) electrons. The van der Waals surface area contributed by atoms with Crippen LogP contribution < -0.4 is 5.32 Å². The van der Waals surface area contributed by atoms with E-state index in [2.05, 4.69) is 5.32 Å². The maximum Gasteiger partial charge on any atom is 0.309 e. The minimum Gasteiger partial charge on any atom is -0.481 e. The molecule has 1 aliphatic carbocycles. The number of hydrogen-bond acceptors (Lipinski definition) is 2. The quantitative estimate of drug-likeness (QED) is 0.807. The van der Waals surface area contributed by atoms with Crippen molar-refractivity contribution >= 4 is 35.1 Å². The lowest BCUT2D eigenvalue weighted by Crippen LogP contribution is -2.50. The molecule has 126 valence electrons. The van der Waals surface area contributed by atoms with Crippen molar-refractivity contribution in [2.24, 2.45) is 5.41 Å². The molecular weight excluding hydrogens is 337 g/mol. The number of amides is 1. The lowest BCUT2D eigenvalue weighted by Gasteiger charge is -2.41. The first-order valence-electron chi connectivity index (χ1n) is 7.66. The van der Waals surface area contributed by atoms with Crippen LogP contribution in [0.3, 0.4) is 0 Å². The van der Waals surface area contributed by atoms with Gasteiger partial charge >= 0.3 is 5.97 Å². The van der Waals surface area contributed by atoms with E-state index in [1.54, 1.807) is 26.0 Å². The Kier molecular flexibility index (Phi) is 5.27. The molecule has 1 aromatic carbocycles. The molecule has 0 aliphatic heterocycles. The summed E-state index contributed by atoms with van der Waals surface area (Å²) in [7, 11) is 0. The third-order valence-electron chi connectivity index (χ3n) is 4.73. The normalized spacial score (nSPS) is 16.5. The Morgan fingerprint density at radius 1 is 1.26 bits per heavy atom. The molecule has 0 aromatic heterocycles. The second-order valence-corrected chi connectivity index (χ2v) is 7.57. The van der Waals surface area contributed by atoms with Crippen LogP contribution in [0.15, 0.2) is 18.2 Å². The van der Waals surface area contributed by atoms with E-state index in [4.69, 9.17) is 28.3 Å². The average Bonchev–Trinajstić information content (AvgIpc) is 2.41. The molecule has 0 bridgehead atoms. The van der Waals surface area contributed by atoms with E-state index in [0.29, 0.717) is 23.0 Å². The molecule has 1 aromatic rings. The Hall–Kier alpha value is -1.26. The molecule has 2 rings (SSSR count). The number of carboxylic acid groups (broad SMARTS) is 1. The van der Waals surface area contributed by atoms with Gasteiger partial charge in [-0.15, -0.1) is 0 Å². The van der Waals surface area contributed by atoms with Gasteiger partial charge in [0.2, 0.25) is 5.91 Å². The summed E-state index contributed by atoms with van der Waals surface area (Å²) >= 11 is 12.0. The van der Waals surface area contributed by atoms with Crippen molar-refractivity contribution in [1.82, 2.24) is 5.32 Å². The fourth-order valence-electron chi connectivity index (χ4n) is 2.74. The second-order valence-electron chi connectivity index (χ2n) is 6.76. The van der Waals surface area contributed by atoms with Crippen LogP contribution in [0.2, 0.25) is 10.0 Å². The standard InChI is InChI=1S/C17H21Cl2NO3/c1-16(2,15(22)23)8-9-20-14(21)17(6-3-7-17)11-4-5-12(18)13(19)10-11/h4-5,10H,3,6-9H2,1-2H3,(H,20,21)(H,22,23). The van der Waals surface area contributed by atoms with E-state index < -0.39 is 16.8 Å². The summed E-state index contributed by atoms with van der Waals surface area (Å²) in [6.07, 6.45) is 2.89. The summed E-state index contributed by atoms with van der Waals surface area (Å²) in [5.41, 5.74) is -0.557. The Bertz CT molecular complexity index is 624. The van der Waals surface area contributed by atoms with E-state index in [9.17, 15) is 9.59 Å². The lowest BCUT2D eigenvalue weighted by atomic mass is 9.64. The van der Waals surface area contributed by atoms with Crippen LogP contribution in [0, 0.1) is 5.41 Å². The molecule has 1 aliphatic rings. The molecule has 2 N–H and O–H groups in total. The monoisotopic (exact) mass is 357 g/mol. The lowest BCUT2D eigenvalue weighted by molar-refractivity contribution is -0.147. The number of rotatable bonds is 6. The predicted octanol–water partition coefficient (Wildman–Crippen LogP) is 4.03. The smallest absolute Gasteiger partial charge is 0.309 e. The van der Waals surface area contributed by atoms with Gasteiger partial charge in [-0.25, -0.2) is 0 Å². The third-order valence-corrected chi connectivity index (χ3v) is 5.47. The molecule has 0 spiro atoms. The number of halogens is 2. The maximum atomic E-state index is 12.7. The Morgan fingerprint density at radius 3 is 2.39 bits per heavy atom. The van der Waals surface area contributed by atoms with Crippen LogP contribution in [-0.2, 0) is 15.0 Å². The molecule has 4 nitrogen and oxygen atoms in total. The van der Waals surface area contributed by atoms with Gasteiger partial charge in [-0.05, 0) is 50.8 Å². The largest absolute Gasteiger partial charge is 0.481 e. The first-order chi connectivity index (χ1) is 10.7. The van der Waals surface area contributed by atoms with E-state index in [-0.39, 0.29) is 5.91 Å². The highest BCUT2D eigenvalue weighted by Crippen LogP contribution is 2.45. The minimum atomic E-state index is -0.866. The minimum absolute atomic E-state index is 0.0664. The molecule has 6 heteroatoms. The summed E-state index contributed by atoms with van der Waals surface area (Å²) in [6, 6.07) is 5.30. The van der Waals surface area contributed by atoms with Crippen LogP contribution >= 0.6 is 23.2 Å². The number of carbonyl (C=O) groups excluding carboxylic acids is 1. The predicted molar refractivity (Wildman–Crippen MR) is 91.0 cm³/mol. The number of carboxylic acids is 1. The van der Waals surface area contributed by atoms with Crippen molar-refractivity contribution in [2.45, 2.75) is 44.9 Å². The summed E-state index contributed by atoms with van der Waals surface area (Å²) in [4.78, 5) is 23.8. The van der Waals surface area contributed by atoms with Gasteiger partial charge in [0.15, 0.2) is 0 Å². The summed E-state index contributed by atoms with van der Waals surface area (Å²) in [6.45, 7) is 3.64. The number of nitrogens with one attached hydrogen (secondary N) is 1. The van der Waals surface area contributed by atoms with Crippen molar-refractivity contribution in [1.29, 1.82) is 0 Å². The van der Waals surface area contributed by atoms with Crippen molar-refractivity contribution in [3.63, 3.8) is 0 Å². The van der Waals surface area contributed by atoms with E-state index in [0.717, 1.165) is 24.8 Å². The van der Waals surface area contributed by atoms with E-state index in [1.807, 2.05) is 6.07 Å². The molecule has 0 atom stereocenters. The summed E-state index contributed by atoms with van der Waals surface area (Å²) < 4.78 is 0. The Morgan fingerprint density at radius 2 is 1.91 bits per heavy atom.